The molecule has 2 radical (unpaired) electrons. The van der Waals surface area contributed by atoms with E-state index in [4.69, 9.17) is 4.74 Å². The second kappa shape index (κ2) is 2.26. The van der Waals surface area contributed by atoms with E-state index < -0.39 is 0 Å². The molecule has 2 rings (SSSR count). The molecule has 0 aromatic heterocycles. The second-order valence-corrected chi connectivity index (χ2v) is 3.23. The van der Waals surface area contributed by atoms with E-state index in [-0.39, 0.29) is 0 Å². The topological polar surface area (TPSA) is 26.3 Å². The van der Waals surface area contributed by atoms with Crippen LogP contribution in [0.15, 0.2) is 0 Å². The molecular formula is C8H10O2. The number of fused-ring (bicyclic) bond motifs is 2. The van der Waals surface area contributed by atoms with Crippen LogP contribution in [0, 0.1) is 17.9 Å². The summed E-state index contributed by atoms with van der Waals surface area (Å²) in [5, 5.41) is 0. The molecule has 2 heteroatoms. The summed E-state index contributed by atoms with van der Waals surface area (Å²) in [6.07, 6.45) is 5.81. The first-order chi connectivity index (χ1) is 4.90. The van der Waals surface area contributed by atoms with Crippen LogP contribution in [0.25, 0.3) is 0 Å². The maximum atomic E-state index is 9.87. The molecule has 2 fully saturated rings. The van der Waals surface area contributed by atoms with Gasteiger partial charge < -0.3 is 4.74 Å². The minimum Gasteiger partial charge on any atom is -0.446 e. The Balaban J connectivity index is 1.95. The van der Waals surface area contributed by atoms with Crippen LogP contribution in [-0.4, -0.2) is 6.47 Å². The average molecular weight is 138 g/mol. The minimum atomic E-state index is 0.589. The third-order valence-corrected chi connectivity index (χ3v) is 2.66. The average Bonchev–Trinajstić information content (AvgIpc) is 2.48. The standard InChI is InChI=1S/C8H10O2/c9-5-10-8-4-6-1-2-7(8)3-6/h6-7H,1-4H2. The van der Waals surface area contributed by atoms with Crippen LogP contribution in [0.3, 0.4) is 0 Å². The lowest BCUT2D eigenvalue weighted by Crippen LogP contribution is -2.10. The second-order valence-electron chi connectivity index (χ2n) is 3.23. The van der Waals surface area contributed by atoms with Gasteiger partial charge in [0.1, 0.15) is 0 Å². The lowest BCUT2D eigenvalue weighted by Gasteiger charge is -2.16. The van der Waals surface area contributed by atoms with Gasteiger partial charge in [0.2, 0.25) is 0 Å². The highest BCUT2D eigenvalue weighted by molar-refractivity contribution is 5.40. The van der Waals surface area contributed by atoms with Gasteiger partial charge in [-0.3, -0.25) is 0 Å². The molecule has 2 aliphatic carbocycles. The summed E-state index contributed by atoms with van der Waals surface area (Å²) in [6.45, 7) is 1.51. The van der Waals surface area contributed by atoms with Crippen molar-refractivity contribution in [3.63, 3.8) is 0 Å². The normalized spacial score (nSPS) is 38.4. The summed E-state index contributed by atoms with van der Waals surface area (Å²) in [5.74, 6) is 1.40. The predicted molar refractivity (Wildman–Crippen MR) is 35.5 cm³/mol. The smallest absolute Gasteiger partial charge is 0.418 e. The van der Waals surface area contributed by atoms with Crippen molar-refractivity contribution in [1.29, 1.82) is 0 Å². The van der Waals surface area contributed by atoms with Gasteiger partial charge in [-0.25, -0.2) is 4.79 Å². The highest BCUT2D eigenvalue weighted by Crippen LogP contribution is 2.49. The van der Waals surface area contributed by atoms with Crippen LogP contribution in [0.2, 0.25) is 0 Å². The summed E-state index contributed by atoms with van der Waals surface area (Å²) >= 11 is 0. The summed E-state index contributed by atoms with van der Waals surface area (Å²) in [7, 11) is 0. The van der Waals surface area contributed by atoms with Crippen LogP contribution in [0.1, 0.15) is 25.7 Å². The molecule has 10 heavy (non-hydrogen) atoms. The van der Waals surface area contributed by atoms with Gasteiger partial charge in [-0.05, 0) is 31.6 Å². The van der Waals surface area contributed by atoms with Crippen molar-refractivity contribution in [3.05, 3.63) is 6.10 Å². The molecule has 2 saturated carbocycles. The monoisotopic (exact) mass is 138 g/mol. The molecule has 0 aliphatic heterocycles. The van der Waals surface area contributed by atoms with E-state index in [1.165, 1.54) is 25.7 Å². The summed E-state index contributed by atoms with van der Waals surface area (Å²) in [6, 6.07) is 0. The Morgan fingerprint density at radius 2 is 2.40 bits per heavy atom. The van der Waals surface area contributed by atoms with E-state index in [9.17, 15) is 4.79 Å². The molecule has 0 aromatic carbocycles. The van der Waals surface area contributed by atoms with Crippen molar-refractivity contribution in [2.45, 2.75) is 25.7 Å². The Kier molecular flexibility index (Phi) is 1.40. The van der Waals surface area contributed by atoms with Gasteiger partial charge in [-0.1, -0.05) is 0 Å². The quantitative estimate of drug-likeness (QED) is 0.576. The first-order valence-electron chi connectivity index (χ1n) is 3.80. The highest BCUT2D eigenvalue weighted by Gasteiger charge is 2.41. The van der Waals surface area contributed by atoms with E-state index >= 15 is 0 Å². The molecule has 0 heterocycles. The van der Waals surface area contributed by atoms with Crippen molar-refractivity contribution >= 4 is 6.47 Å². The van der Waals surface area contributed by atoms with Crippen molar-refractivity contribution in [3.8, 4) is 0 Å². The van der Waals surface area contributed by atoms with E-state index in [0.717, 1.165) is 18.4 Å². The molecule has 0 spiro atoms. The van der Waals surface area contributed by atoms with Gasteiger partial charge in [0, 0.05) is 5.92 Å². The Hall–Kier alpha value is -0.530. The molecule has 0 aromatic rings. The fraction of sp³-hybridized carbons (Fsp3) is 0.750. The van der Waals surface area contributed by atoms with Crippen molar-refractivity contribution in [2.24, 2.45) is 11.8 Å². The Morgan fingerprint density at radius 1 is 1.50 bits per heavy atom. The molecule has 54 valence electrons. The SMILES string of the molecule is O=[C]O[C]1CC2CCC1C2. The molecule has 2 nitrogen and oxygen atoms in total. The van der Waals surface area contributed by atoms with Crippen LogP contribution in [0.5, 0.6) is 0 Å². The maximum absolute atomic E-state index is 9.87. The van der Waals surface area contributed by atoms with E-state index in [1.54, 1.807) is 0 Å². The molecule has 2 bridgehead atoms. The Morgan fingerprint density at radius 3 is 2.90 bits per heavy atom. The summed E-state index contributed by atoms with van der Waals surface area (Å²) < 4.78 is 4.75. The first-order valence-corrected chi connectivity index (χ1v) is 3.80. The number of ether oxygens (including phenoxy) is 1. The lowest BCUT2D eigenvalue weighted by atomic mass is 9.98. The van der Waals surface area contributed by atoms with Crippen molar-refractivity contribution < 1.29 is 9.53 Å². The van der Waals surface area contributed by atoms with Crippen molar-refractivity contribution in [1.82, 2.24) is 0 Å². The lowest BCUT2D eigenvalue weighted by molar-refractivity contribution is 0.220. The Labute approximate surface area is 60.6 Å². The zero-order valence-electron chi connectivity index (χ0n) is 5.80. The van der Waals surface area contributed by atoms with Gasteiger partial charge in [0.15, 0.2) is 6.10 Å². The van der Waals surface area contributed by atoms with Crippen LogP contribution in [0.4, 0.5) is 0 Å². The van der Waals surface area contributed by atoms with Gasteiger partial charge >= 0.3 is 6.47 Å². The molecule has 2 atom stereocenters. The summed E-state index contributed by atoms with van der Waals surface area (Å²) in [4.78, 5) is 9.87. The van der Waals surface area contributed by atoms with E-state index in [1.807, 2.05) is 0 Å². The van der Waals surface area contributed by atoms with E-state index in [0.29, 0.717) is 5.92 Å². The van der Waals surface area contributed by atoms with Gasteiger partial charge in [-0.15, -0.1) is 0 Å². The van der Waals surface area contributed by atoms with Gasteiger partial charge in [0.05, 0.1) is 0 Å². The third-order valence-electron chi connectivity index (χ3n) is 2.66. The largest absolute Gasteiger partial charge is 0.446 e. The van der Waals surface area contributed by atoms with Gasteiger partial charge in [0.25, 0.3) is 0 Å². The van der Waals surface area contributed by atoms with Gasteiger partial charge in [-0.2, -0.15) is 0 Å². The number of hydrogen-bond donors (Lipinski definition) is 0. The summed E-state index contributed by atoms with van der Waals surface area (Å²) in [5.41, 5.74) is 0. The minimum absolute atomic E-state index is 0.589. The van der Waals surface area contributed by atoms with Crippen LogP contribution in [-0.2, 0) is 9.53 Å². The Bertz CT molecular complexity index is 144. The fourth-order valence-corrected chi connectivity index (χ4v) is 2.18. The maximum Gasteiger partial charge on any atom is 0.418 e. The molecular weight excluding hydrogens is 128 g/mol. The van der Waals surface area contributed by atoms with Crippen molar-refractivity contribution in [2.75, 3.05) is 0 Å². The van der Waals surface area contributed by atoms with Crippen LogP contribution < -0.4 is 0 Å². The number of rotatable bonds is 2. The van der Waals surface area contributed by atoms with Crippen LogP contribution >= 0.6 is 0 Å². The first kappa shape index (κ1) is 6.20. The zero-order chi connectivity index (χ0) is 6.97. The molecule has 2 aliphatic rings. The molecule has 2 unspecified atom stereocenters. The number of carbonyl (C=O) groups excluding carboxylic acids is 1. The highest BCUT2D eigenvalue weighted by atomic mass is 16.5. The fourth-order valence-electron chi connectivity index (χ4n) is 2.18. The molecule has 0 saturated heterocycles. The third kappa shape index (κ3) is 0.825. The molecule has 0 N–H and O–H groups in total. The molecule has 0 amide bonds. The zero-order valence-corrected chi connectivity index (χ0v) is 5.80. The predicted octanol–water partition coefficient (Wildman–Crippen LogP) is 1.42. The van der Waals surface area contributed by atoms with E-state index in [2.05, 4.69) is 0 Å². The number of hydrogen-bond acceptors (Lipinski definition) is 2.